The Morgan fingerprint density at radius 2 is 0.838 bits per heavy atom. The monoisotopic (exact) mass is 1060 g/mol. The number of aryl methyl sites for hydroxylation is 2. The Kier molecular flexibility index (Phi) is 11.4. The minimum atomic E-state index is -1.53. The molecule has 0 atom stereocenters. The first kappa shape index (κ1) is 48.6. The normalized spacial score (nSPS) is 11.9. The van der Waals surface area contributed by atoms with Crippen molar-refractivity contribution >= 4 is 134 Å². The summed E-state index contributed by atoms with van der Waals surface area (Å²) in [5, 5.41) is 32.2. The smallest absolute Gasteiger partial charge is 0.159 e. The highest BCUT2D eigenvalue weighted by Gasteiger charge is 2.27. The fraction of sp³-hybridized carbons (Fsp3) is 0.0833. The zero-order valence-electron chi connectivity index (χ0n) is 45.4. The van der Waals surface area contributed by atoms with E-state index in [1.54, 1.807) is 0 Å². The number of hydrogen-bond donors (Lipinski definition) is 0. The van der Waals surface area contributed by atoms with Gasteiger partial charge >= 0.3 is 0 Å². The largest absolute Gasteiger partial charge is 0.453 e. The van der Waals surface area contributed by atoms with Gasteiger partial charge in [0.25, 0.3) is 0 Å². The van der Waals surface area contributed by atoms with E-state index in [1.807, 2.05) is 48.5 Å². The van der Waals surface area contributed by atoms with Gasteiger partial charge in [-0.3, -0.25) is 0 Å². The summed E-state index contributed by atoms with van der Waals surface area (Å²) >= 11 is 0. The molecule has 0 spiro atoms. The standard InChI is InChI=1S/C72H54N4O2Si2/c1-43-38-47(42-79)22-32-53(43)55-10-6-12-57-59-14-8-16-65(71(59)77-69(55)57)75(50-27-18-45(40-73)19-28-50)63-36-25-48-24-34-62-64(37-26-49-23-33-61(63)67(48)68(49)62)76(51-29-20-46(41-74)21-30-51)66-17-9-15-60-58-13-7-11-56(70(58)78-72(60)66)54-35-31-52(39-44(54)2)80(3,4)5/h6-39H,42H2,1-5,79H3. The fourth-order valence-corrected chi connectivity index (χ4v) is 14.1. The zero-order valence-corrected chi connectivity index (χ0v) is 48.4. The van der Waals surface area contributed by atoms with Crippen LogP contribution in [0.25, 0.3) is 98.4 Å². The van der Waals surface area contributed by atoms with E-state index in [0.717, 1.165) is 138 Å². The first-order valence-corrected chi connectivity index (χ1v) is 32.3. The number of para-hydroxylation sites is 4. The summed E-state index contributed by atoms with van der Waals surface area (Å²) in [6.45, 7) is 11.6. The average molecular weight is 1060 g/mol. The topological polar surface area (TPSA) is 80.3 Å². The first-order valence-electron chi connectivity index (χ1n) is 27.4. The molecule has 14 rings (SSSR count). The third-order valence-corrected chi connectivity index (χ3v) is 19.3. The second-order valence-electron chi connectivity index (χ2n) is 22.2. The van der Waals surface area contributed by atoms with Crippen molar-refractivity contribution in [1.29, 1.82) is 10.5 Å². The van der Waals surface area contributed by atoms with E-state index in [4.69, 9.17) is 8.83 Å². The van der Waals surface area contributed by atoms with Crippen LogP contribution in [0.15, 0.2) is 215 Å². The van der Waals surface area contributed by atoms with Gasteiger partial charge in [0, 0.05) is 65.1 Å². The Morgan fingerprint density at radius 3 is 1.26 bits per heavy atom. The van der Waals surface area contributed by atoms with Crippen molar-refractivity contribution in [3.63, 3.8) is 0 Å². The number of hydrogen-bond acceptors (Lipinski definition) is 6. The Bertz CT molecular complexity index is 4920. The molecule has 0 aliphatic rings. The molecule has 2 heterocycles. The Morgan fingerprint density at radius 1 is 0.412 bits per heavy atom. The maximum absolute atomic E-state index is 10.0. The van der Waals surface area contributed by atoms with Gasteiger partial charge in [-0.15, -0.1) is 0 Å². The molecule has 382 valence electrons. The Balaban J connectivity index is 0.984. The molecule has 0 radical (unpaired) electrons. The van der Waals surface area contributed by atoms with Crippen molar-refractivity contribution in [2.24, 2.45) is 0 Å². The van der Waals surface area contributed by atoms with E-state index in [9.17, 15) is 10.5 Å². The number of fused-ring (bicyclic) bond motifs is 6. The van der Waals surface area contributed by atoms with E-state index < -0.39 is 8.07 Å². The molecule has 0 unspecified atom stereocenters. The van der Waals surface area contributed by atoms with Crippen LogP contribution < -0.4 is 15.0 Å². The van der Waals surface area contributed by atoms with Crippen molar-refractivity contribution < 1.29 is 8.83 Å². The van der Waals surface area contributed by atoms with Gasteiger partial charge in [-0.2, -0.15) is 10.5 Å². The van der Waals surface area contributed by atoms with E-state index in [2.05, 4.69) is 213 Å². The number of rotatable bonds is 10. The van der Waals surface area contributed by atoms with Gasteiger partial charge < -0.3 is 18.6 Å². The third kappa shape index (κ3) is 7.71. The summed E-state index contributed by atoms with van der Waals surface area (Å²) in [6.07, 6.45) is 0. The lowest BCUT2D eigenvalue weighted by Gasteiger charge is -2.29. The van der Waals surface area contributed by atoms with Gasteiger partial charge in [0.05, 0.1) is 54.1 Å². The fourth-order valence-electron chi connectivity index (χ4n) is 12.4. The van der Waals surface area contributed by atoms with Gasteiger partial charge in [0.1, 0.15) is 11.2 Å². The maximum Gasteiger partial charge on any atom is 0.159 e. The van der Waals surface area contributed by atoms with Gasteiger partial charge in [-0.1, -0.05) is 164 Å². The summed E-state index contributed by atoms with van der Waals surface area (Å²) < 4.78 is 14.4. The molecular formula is C72H54N4O2Si2. The van der Waals surface area contributed by atoms with Gasteiger partial charge in [-0.25, -0.2) is 0 Å². The van der Waals surface area contributed by atoms with Gasteiger partial charge in [0.15, 0.2) is 11.2 Å². The van der Waals surface area contributed by atoms with Crippen molar-refractivity contribution in [1.82, 2.24) is 0 Å². The van der Waals surface area contributed by atoms with Crippen molar-refractivity contribution in [2.75, 3.05) is 9.80 Å². The zero-order chi connectivity index (χ0) is 54.6. The van der Waals surface area contributed by atoms with Crippen molar-refractivity contribution in [3.05, 3.63) is 234 Å². The van der Waals surface area contributed by atoms with Crippen molar-refractivity contribution in [2.45, 2.75) is 39.5 Å². The summed E-state index contributed by atoms with van der Waals surface area (Å²) in [5.41, 5.74) is 18.3. The van der Waals surface area contributed by atoms with Crippen LogP contribution in [0.5, 0.6) is 0 Å². The average Bonchev–Trinajstić information content (AvgIpc) is 4.13. The van der Waals surface area contributed by atoms with Crippen LogP contribution in [0, 0.1) is 36.5 Å². The number of nitriles is 2. The van der Waals surface area contributed by atoms with E-state index in [0.29, 0.717) is 11.1 Å². The minimum Gasteiger partial charge on any atom is -0.453 e. The summed E-state index contributed by atoms with van der Waals surface area (Å²) in [5.74, 6) is 0. The molecule has 0 aliphatic heterocycles. The number of benzene rings is 12. The van der Waals surface area contributed by atoms with Crippen LogP contribution in [0.4, 0.5) is 34.1 Å². The second kappa shape index (κ2) is 18.7. The van der Waals surface area contributed by atoms with Crippen LogP contribution >= 0.6 is 0 Å². The maximum atomic E-state index is 10.0. The SMILES string of the molecule is Cc1cc(C[SiH3])ccc1-c1cccc2c1oc1c(N(c3ccc(C#N)cc3)c3ccc4ccc5c(N(c6ccc(C#N)cc6)c6cccc7c6oc6c(-c8ccc([Si](C)(C)C)cc8C)cccc67)ccc6ccc3c4c65)cccc12. The number of furan rings is 2. The van der Waals surface area contributed by atoms with E-state index in [1.165, 1.54) is 33.0 Å². The van der Waals surface area contributed by atoms with E-state index >= 15 is 0 Å². The number of nitrogens with zero attached hydrogens (tertiary/aromatic N) is 4. The summed E-state index contributed by atoms with van der Waals surface area (Å²) in [6, 6.07) is 79.0. The molecule has 2 aromatic heterocycles. The van der Waals surface area contributed by atoms with Crippen LogP contribution in [0.3, 0.4) is 0 Å². The molecule has 6 nitrogen and oxygen atoms in total. The predicted octanol–water partition coefficient (Wildman–Crippen LogP) is 18.4. The molecule has 0 amide bonds. The predicted molar refractivity (Wildman–Crippen MR) is 340 cm³/mol. The van der Waals surface area contributed by atoms with E-state index in [-0.39, 0.29) is 0 Å². The van der Waals surface area contributed by atoms with Crippen LogP contribution in [-0.4, -0.2) is 18.3 Å². The van der Waals surface area contributed by atoms with Crippen LogP contribution in [0.1, 0.15) is 27.8 Å². The lowest BCUT2D eigenvalue weighted by atomic mass is 9.91. The van der Waals surface area contributed by atoms with Crippen LogP contribution in [-0.2, 0) is 6.04 Å². The second-order valence-corrected chi connectivity index (χ2v) is 28.0. The van der Waals surface area contributed by atoms with Crippen LogP contribution in [0.2, 0.25) is 19.6 Å². The highest BCUT2D eigenvalue weighted by molar-refractivity contribution is 6.88. The number of anilines is 6. The molecule has 0 bridgehead atoms. The van der Waals surface area contributed by atoms with Gasteiger partial charge in [-0.05, 0) is 136 Å². The van der Waals surface area contributed by atoms with Gasteiger partial charge in [0.2, 0.25) is 0 Å². The minimum absolute atomic E-state index is 0.585. The molecule has 12 aromatic carbocycles. The summed E-state index contributed by atoms with van der Waals surface area (Å²) in [4.78, 5) is 4.60. The third-order valence-electron chi connectivity index (χ3n) is 16.5. The molecule has 0 saturated carbocycles. The highest BCUT2D eigenvalue weighted by atomic mass is 28.3. The molecule has 8 heteroatoms. The molecule has 0 aliphatic carbocycles. The lowest BCUT2D eigenvalue weighted by Crippen LogP contribution is -2.37. The molecule has 0 fully saturated rings. The highest BCUT2D eigenvalue weighted by Crippen LogP contribution is 2.51. The Labute approximate surface area is 468 Å². The van der Waals surface area contributed by atoms with Crippen molar-refractivity contribution in [3.8, 4) is 34.4 Å². The lowest BCUT2D eigenvalue weighted by molar-refractivity contribution is 0.670. The molecule has 80 heavy (non-hydrogen) atoms. The molecule has 14 aromatic rings. The molecular weight excluding hydrogens is 1010 g/mol. The Hall–Kier alpha value is -9.71. The molecule has 0 N–H and O–H groups in total. The summed E-state index contributed by atoms with van der Waals surface area (Å²) in [7, 11) is -0.416. The first-order chi connectivity index (χ1) is 39.0. The molecule has 0 saturated heterocycles. The quantitative estimate of drug-likeness (QED) is 0.100.